The van der Waals surface area contributed by atoms with E-state index in [1.165, 1.54) is 0 Å². The predicted octanol–water partition coefficient (Wildman–Crippen LogP) is 2.87. The quantitative estimate of drug-likeness (QED) is 0.593. The summed E-state index contributed by atoms with van der Waals surface area (Å²) in [4.78, 5) is 12.0. The molecule has 1 aliphatic heterocycles. The lowest BCUT2D eigenvalue weighted by molar-refractivity contribution is 0.0284. The van der Waals surface area contributed by atoms with E-state index in [0.29, 0.717) is 12.8 Å². The molecule has 5 nitrogen and oxygen atoms in total. The molecule has 1 heterocycles. The Balaban J connectivity index is 2.05. The Bertz CT molecular complexity index is 415. The van der Waals surface area contributed by atoms with Crippen LogP contribution in [0.1, 0.15) is 40.5 Å². The Morgan fingerprint density at radius 1 is 1.33 bits per heavy atom. The molecule has 1 N–H and O–H groups in total. The van der Waals surface area contributed by atoms with Crippen molar-refractivity contribution in [2.75, 3.05) is 6.79 Å². The number of hydrogen-bond acceptors (Lipinski definition) is 6. The van der Waals surface area contributed by atoms with Crippen LogP contribution in [0, 0.1) is 0 Å². The van der Waals surface area contributed by atoms with Crippen LogP contribution < -0.4 is 0 Å². The first-order chi connectivity index (χ1) is 9.74. The fourth-order valence-corrected chi connectivity index (χ4v) is 3.13. The van der Waals surface area contributed by atoms with Gasteiger partial charge in [-0.25, -0.2) is 4.79 Å². The molecule has 4 atom stereocenters. The molecule has 0 saturated carbocycles. The van der Waals surface area contributed by atoms with Crippen molar-refractivity contribution in [3.63, 3.8) is 0 Å². The van der Waals surface area contributed by atoms with Gasteiger partial charge < -0.3 is 19.3 Å². The molecular weight excluding hydrogens is 292 g/mol. The molecule has 1 saturated heterocycles. The number of carbonyl (C=O) groups excluding carboxylic acids is 1. The average Bonchev–Trinajstić information content (AvgIpc) is 2.71. The zero-order chi connectivity index (χ0) is 15.6. The van der Waals surface area contributed by atoms with E-state index in [-0.39, 0.29) is 29.0 Å². The minimum absolute atomic E-state index is 0.138. The Morgan fingerprint density at radius 2 is 1.95 bits per heavy atom. The molecule has 1 aliphatic carbocycles. The number of aliphatic hydroxyl groups is 1. The van der Waals surface area contributed by atoms with Crippen LogP contribution in [0.3, 0.4) is 0 Å². The Morgan fingerprint density at radius 3 is 2.57 bits per heavy atom. The molecule has 0 aromatic rings. The molecule has 0 aromatic heterocycles. The van der Waals surface area contributed by atoms with Gasteiger partial charge in [0.1, 0.15) is 12.9 Å². The first-order valence-corrected chi connectivity index (χ1v) is 8.05. The minimum Gasteiger partial charge on any atom is -0.450 e. The van der Waals surface area contributed by atoms with Gasteiger partial charge in [-0.1, -0.05) is 20.8 Å². The van der Waals surface area contributed by atoms with Gasteiger partial charge in [0.2, 0.25) is 0 Å². The van der Waals surface area contributed by atoms with E-state index in [0.717, 1.165) is 17.3 Å². The molecule has 0 spiro atoms. The zero-order valence-electron chi connectivity index (χ0n) is 13.0. The molecule has 2 aliphatic rings. The van der Waals surface area contributed by atoms with Gasteiger partial charge in [0.05, 0.1) is 18.3 Å². The summed E-state index contributed by atoms with van der Waals surface area (Å²) in [5, 5.41) is 9.81. The molecule has 120 valence electrons. The van der Waals surface area contributed by atoms with Crippen molar-refractivity contribution in [3.05, 3.63) is 11.6 Å². The summed E-state index contributed by atoms with van der Waals surface area (Å²) in [5.41, 5.74) is 0.808. The highest BCUT2D eigenvalue weighted by Crippen LogP contribution is 2.30. The second-order valence-electron chi connectivity index (χ2n) is 6.55. The molecule has 21 heavy (non-hydrogen) atoms. The van der Waals surface area contributed by atoms with Crippen molar-refractivity contribution in [1.82, 2.24) is 0 Å². The molecule has 0 aromatic carbocycles. The first-order valence-electron chi connectivity index (χ1n) is 7.24. The number of rotatable bonds is 1. The predicted molar refractivity (Wildman–Crippen MR) is 81.2 cm³/mol. The van der Waals surface area contributed by atoms with Crippen LogP contribution >= 0.6 is 11.8 Å². The second kappa shape index (κ2) is 6.69. The third kappa shape index (κ3) is 4.98. The maximum absolute atomic E-state index is 12.0. The van der Waals surface area contributed by atoms with E-state index in [4.69, 9.17) is 14.2 Å². The van der Waals surface area contributed by atoms with Gasteiger partial charge >= 0.3 is 5.30 Å². The standard InChI is InChI=1S/C15H24O5S/c1-9-5-10(20-14(17)21-15(2,3)4)6-12-13(7-11(9)16)19-8-18-12/h5,10-13,16H,6-8H2,1-4H3/b9-5+. The topological polar surface area (TPSA) is 65.0 Å². The summed E-state index contributed by atoms with van der Waals surface area (Å²) in [6, 6.07) is 0. The van der Waals surface area contributed by atoms with Gasteiger partial charge in [-0.3, -0.25) is 0 Å². The summed E-state index contributed by atoms with van der Waals surface area (Å²) >= 11 is 1.16. The van der Waals surface area contributed by atoms with Crippen molar-refractivity contribution in [3.8, 4) is 0 Å². The molecule has 1 fully saturated rings. The first kappa shape index (κ1) is 16.8. The Labute approximate surface area is 130 Å². The summed E-state index contributed by atoms with van der Waals surface area (Å²) in [6.45, 7) is 7.97. The minimum atomic E-state index is -0.587. The fraction of sp³-hybridized carbons (Fsp3) is 0.800. The average molecular weight is 316 g/mol. The van der Waals surface area contributed by atoms with E-state index in [2.05, 4.69) is 0 Å². The van der Waals surface area contributed by atoms with Gasteiger partial charge in [-0.05, 0) is 30.3 Å². The molecule has 0 bridgehead atoms. The van der Waals surface area contributed by atoms with Crippen LogP contribution in [-0.4, -0.2) is 46.4 Å². The summed E-state index contributed by atoms with van der Waals surface area (Å²) in [7, 11) is 0. The van der Waals surface area contributed by atoms with Crippen LogP contribution in [0.25, 0.3) is 0 Å². The van der Waals surface area contributed by atoms with Crippen molar-refractivity contribution >= 4 is 17.1 Å². The van der Waals surface area contributed by atoms with Crippen molar-refractivity contribution in [2.45, 2.75) is 69.7 Å². The van der Waals surface area contributed by atoms with Crippen LogP contribution in [0.15, 0.2) is 11.6 Å². The van der Waals surface area contributed by atoms with Crippen LogP contribution in [0.2, 0.25) is 0 Å². The maximum atomic E-state index is 12.0. The van der Waals surface area contributed by atoms with Crippen LogP contribution in [0.4, 0.5) is 4.79 Å². The number of fused-ring (bicyclic) bond motifs is 1. The summed E-state index contributed by atoms with van der Waals surface area (Å²) < 4.78 is 16.4. The van der Waals surface area contributed by atoms with Gasteiger partial charge in [0.25, 0.3) is 0 Å². The van der Waals surface area contributed by atoms with E-state index in [1.54, 1.807) is 0 Å². The molecular formula is C15H24O5S. The third-order valence-electron chi connectivity index (χ3n) is 3.51. The van der Waals surface area contributed by atoms with Crippen molar-refractivity contribution < 1.29 is 24.1 Å². The van der Waals surface area contributed by atoms with E-state index in [9.17, 15) is 9.90 Å². The SMILES string of the molecule is C/C1=C\C(OC(=O)SC(C)(C)C)CC2OCOC2CC1O. The molecule has 4 unspecified atom stereocenters. The largest absolute Gasteiger partial charge is 0.450 e. The highest BCUT2D eigenvalue weighted by Gasteiger charge is 2.36. The van der Waals surface area contributed by atoms with Crippen molar-refractivity contribution in [1.29, 1.82) is 0 Å². The van der Waals surface area contributed by atoms with Gasteiger partial charge in [-0.15, -0.1) is 0 Å². The molecule has 0 amide bonds. The third-order valence-corrected chi connectivity index (χ3v) is 4.39. The van der Waals surface area contributed by atoms with Crippen LogP contribution in [-0.2, 0) is 14.2 Å². The Kier molecular flexibility index (Phi) is 5.35. The summed E-state index contributed by atoms with van der Waals surface area (Å²) in [5.74, 6) is 0. The summed E-state index contributed by atoms with van der Waals surface area (Å²) in [6.07, 6.45) is 1.65. The van der Waals surface area contributed by atoms with Gasteiger partial charge in [0, 0.05) is 17.6 Å². The van der Waals surface area contributed by atoms with E-state index >= 15 is 0 Å². The van der Waals surface area contributed by atoms with Crippen molar-refractivity contribution in [2.24, 2.45) is 0 Å². The lowest BCUT2D eigenvalue weighted by Gasteiger charge is -2.27. The maximum Gasteiger partial charge on any atom is 0.368 e. The number of ether oxygens (including phenoxy) is 3. The lowest BCUT2D eigenvalue weighted by Crippen LogP contribution is -2.34. The smallest absolute Gasteiger partial charge is 0.368 e. The molecule has 2 rings (SSSR count). The van der Waals surface area contributed by atoms with E-state index in [1.807, 2.05) is 33.8 Å². The zero-order valence-corrected chi connectivity index (χ0v) is 13.8. The number of carbonyl (C=O) groups is 1. The molecule has 6 heteroatoms. The Hall–Kier alpha value is -0.560. The highest BCUT2D eigenvalue weighted by atomic mass is 32.2. The van der Waals surface area contributed by atoms with Crippen LogP contribution in [0.5, 0.6) is 0 Å². The highest BCUT2D eigenvalue weighted by molar-refractivity contribution is 8.14. The number of thioether (sulfide) groups is 1. The number of aliphatic hydroxyl groups excluding tert-OH is 1. The van der Waals surface area contributed by atoms with E-state index < -0.39 is 12.2 Å². The normalized spacial score (nSPS) is 36.1. The monoisotopic (exact) mass is 316 g/mol. The van der Waals surface area contributed by atoms with Gasteiger partial charge in [0.15, 0.2) is 0 Å². The number of hydrogen-bond donors (Lipinski definition) is 1. The van der Waals surface area contributed by atoms with Gasteiger partial charge in [-0.2, -0.15) is 0 Å². The molecule has 0 radical (unpaired) electrons. The fourth-order valence-electron chi connectivity index (χ4n) is 2.46. The lowest BCUT2D eigenvalue weighted by atomic mass is 9.93. The second-order valence-corrected chi connectivity index (χ2v) is 8.31.